The van der Waals surface area contributed by atoms with Crippen molar-refractivity contribution in [3.05, 3.63) is 56.4 Å². The van der Waals surface area contributed by atoms with Crippen LogP contribution in [0.25, 0.3) is 0 Å². The first-order valence-electron chi connectivity index (χ1n) is 6.18. The molecule has 2 aromatic rings. The molecule has 20 heavy (non-hydrogen) atoms. The van der Waals surface area contributed by atoms with Gasteiger partial charge in [-0.25, -0.2) is 4.39 Å². The second-order valence-electron chi connectivity index (χ2n) is 5.15. The van der Waals surface area contributed by atoms with Gasteiger partial charge in [0.25, 0.3) is 5.91 Å². The fourth-order valence-electron chi connectivity index (χ4n) is 1.83. The maximum absolute atomic E-state index is 13.4. The topological polar surface area (TPSA) is 29.1 Å². The second-order valence-corrected chi connectivity index (χ2v) is 6.89. The standard InChI is InChI=1S/C15H15BrFNOS/c1-15(2,12-7-4-8-20-12)9-18-14(19)10-5-3-6-11(17)13(10)16/h3-8H,9H2,1-2H3,(H,18,19). The Balaban J connectivity index is 2.08. The van der Waals surface area contributed by atoms with Crippen LogP contribution < -0.4 is 5.32 Å². The van der Waals surface area contributed by atoms with Gasteiger partial charge < -0.3 is 5.32 Å². The average Bonchev–Trinajstić information content (AvgIpc) is 2.94. The molecule has 0 aliphatic rings. The summed E-state index contributed by atoms with van der Waals surface area (Å²) in [5, 5.41) is 4.88. The third-order valence-electron chi connectivity index (χ3n) is 3.08. The Hall–Kier alpha value is -1.20. The predicted molar refractivity (Wildman–Crippen MR) is 83.8 cm³/mol. The van der Waals surface area contributed by atoms with Gasteiger partial charge in [-0.2, -0.15) is 0 Å². The first-order chi connectivity index (χ1) is 9.42. The van der Waals surface area contributed by atoms with E-state index >= 15 is 0 Å². The smallest absolute Gasteiger partial charge is 0.252 e. The van der Waals surface area contributed by atoms with Gasteiger partial charge in [0.15, 0.2) is 0 Å². The first kappa shape index (κ1) is 15.2. The lowest BCUT2D eigenvalue weighted by molar-refractivity contribution is 0.0944. The van der Waals surface area contributed by atoms with Gasteiger partial charge in [0.1, 0.15) is 5.82 Å². The van der Waals surface area contributed by atoms with E-state index in [1.165, 1.54) is 17.0 Å². The molecule has 2 rings (SSSR count). The molecule has 0 atom stereocenters. The summed E-state index contributed by atoms with van der Waals surface area (Å²) in [6.07, 6.45) is 0. The summed E-state index contributed by atoms with van der Waals surface area (Å²) in [5.41, 5.74) is 0.163. The maximum Gasteiger partial charge on any atom is 0.252 e. The quantitative estimate of drug-likeness (QED) is 0.867. The molecule has 0 saturated carbocycles. The Morgan fingerprint density at radius 1 is 1.35 bits per heavy atom. The largest absolute Gasteiger partial charge is 0.351 e. The SMILES string of the molecule is CC(C)(CNC(=O)c1cccc(F)c1Br)c1cccs1. The Labute approximate surface area is 130 Å². The van der Waals surface area contributed by atoms with Crippen LogP contribution in [0.5, 0.6) is 0 Å². The highest BCUT2D eigenvalue weighted by atomic mass is 79.9. The Bertz CT molecular complexity index is 610. The number of carbonyl (C=O) groups is 1. The monoisotopic (exact) mass is 355 g/mol. The van der Waals surface area contributed by atoms with Gasteiger partial charge in [0.2, 0.25) is 0 Å². The normalized spacial score (nSPS) is 11.4. The molecule has 0 aliphatic carbocycles. The zero-order valence-corrected chi connectivity index (χ0v) is 13.6. The van der Waals surface area contributed by atoms with Crippen molar-refractivity contribution >= 4 is 33.2 Å². The summed E-state index contributed by atoms with van der Waals surface area (Å²) in [6.45, 7) is 4.63. The van der Waals surface area contributed by atoms with E-state index in [2.05, 4.69) is 41.2 Å². The van der Waals surface area contributed by atoms with Crippen molar-refractivity contribution in [1.82, 2.24) is 5.32 Å². The highest BCUT2D eigenvalue weighted by molar-refractivity contribution is 9.10. The van der Waals surface area contributed by atoms with Crippen molar-refractivity contribution in [2.75, 3.05) is 6.54 Å². The highest BCUT2D eigenvalue weighted by Gasteiger charge is 2.23. The molecule has 0 bridgehead atoms. The van der Waals surface area contributed by atoms with Crippen LogP contribution in [0.15, 0.2) is 40.2 Å². The molecule has 0 spiro atoms. The first-order valence-corrected chi connectivity index (χ1v) is 7.85. The van der Waals surface area contributed by atoms with Gasteiger partial charge in [-0.15, -0.1) is 11.3 Å². The van der Waals surface area contributed by atoms with E-state index in [9.17, 15) is 9.18 Å². The molecule has 0 unspecified atom stereocenters. The highest BCUT2D eigenvalue weighted by Crippen LogP contribution is 2.27. The van der Waals surface area contributed by atoms with E-state index in [-0.39, 0.29) is 15.8 Å². The lowest BCUT2D eigenvalue weighted by atomic mass is 9.91. The fraction of sp³-hybridized carbons (Fsp3) is 0.267. The van der Waals surface area contributed by atoms with E-state index < -0.39 is 5.82 Å². The van der Waals surface area contributed by atoms with Gasteiger partial charge in [-0.05, 0) is 39.5 Å². The van der Waals surface area contributed by atoms with Crippen molar-refractivity contribution in [2.24, 2.45) is 0 Å². The van der Waals surface area contributed by atoms with Crippen LogP contribution in [-0.4, -0.2) is 12.5 Å². The molecule has 106 valence electrons. The molecule has 1 heterocycles. The lowest BCUT2D eigenvalue weighted by Crippen LogP contribution is -2.36. The van der Waals surface area contributed by atoms with Crippen LogP contribution in [0, 0.1) is 5.82 Å². The Kier molecular flexibility index (Phi) is 4.60. The molecule has 0 radical (unpaired) electrons. The minimum Gasteiger partial charge on any atom is -0.351 e. The van der Waals surface area contributed by atoms with Crippen molar-refractivity contribution in [3.63, 3.8) is 0 Å². The van der Waals surface area contributed by atoms with E-state index in [4.69, 9.17) is 0 Å². The van der Waals surface area contributed by atoms with E-state index in [0.29, 0.717) is 12.1 Å². The fourth-order valence-corrected chi connectivity index (χ4v) is 3.12. The number of halogens is 2. The minimum absolute atomic E-state index is 0.149. The molecule has 2 nitrogen and oxygen atoms in total. The summed E-state index contributed by atoms with van der Waals surface area (Å²) >= 11 is 4.77. The number of benzene rings is 1. The molecular formula is C15H15BrFNOS. The maximum atomic E-state index is 13.4. The molecule has 0 aliphatic heterocycles. The van der Waals surface area contributed by atoms with Crippen LogP contribution in [0.2, 0.25) is 0 Å². The molecule has 1 amide bonds. The number of rotatable bonds is 4. The Morgan fingerprint density at radius 2 is 2.10 bits per heavy atom. The van der Waals surface area contributed by atoms with Crippen molar-refractivity contribution in [1.29, 1.82) is 0 Å². The second kappa shape index (κ2) is 6.06. The van der Waals surface area contributed by atoms with Gasteiger partial charge >= 0.3 is 0 Å². The molecule has 5 heteroatoms. The third kappa shape index (κ3) is 3.27. The van der Waals surface area contributed by atoms with Crippen molar-refractivity contribution in [2.45, 2.75) is 19.3 Å². The Morgan fingerprint density at radius 3 is 2.75 bits per heavy atom. The van der Waals surface area contributed by atoms with Crippen molar-refractivity contribution in [3.8, 4) is 0 Å². The zero-order chi connectivity index (χ0) is 14.8. The number of thiophene rings is 1. The summed E-state index contributed by atoms with van der Waals surface area (Å²) in [4.78, 5) is 13.3. The van der Waals surface area contributed by atoms with Gasteiger partial charge in [0.05, 0.1) is 10.0 Å². The van der Waals surface area contributed by atoms with Gasteiger partial charge in [-0.1, -0.05) is 26.0 Å². The van der Waals surface area contributed by atoms with E-state index in [1.54, 1.807) is 17.4 Å². The van der Waals surface area contributed by atoms with E-state index in [1.807, 2.05) is 11.4 Å². The number of nitrogens with one attached hydrogen (secondary N) is 1. The van der Waals surface area contributed by atoms with Crippen LogP contribution in [-0.2, 0) is 5.41 Å². The number of hydrogen-bond acceptors (Lipinski definition) is 2. The van der Waals surface area contributed by atoms with Gasteiger partial charge in [-0.3, -0.25) is 4.79 Å². The predicted octanol–water partition coefficient (Wildman–Crippen LogP) is 4.36. The molecular weight excluding hydrogens is 341 g/mol. The summed E-state index contributed by atoms with van der Waals surface area (Å²) in [7, 11) is 0. The number of amides is 1. The molecule has 0 saturated heterocycles. The van der Waals surface area contributed by atoms with E-state index in [0.717, 1.165) is 0 Å². The average molecular weight is 356 g/mol. The van der Waals surface area contributed by atoms with Crippen molar-refractivity contribution < 1.29 is 9.18 Å². The van der Waals surface area contributed by atoms with Gasteiger partial charge in [0, 0.05) is 16.8 Å². The molecule has 1 N–H and O–H groups in total. The zero-order valence-electron chi connectivity index (χ0n) is 11.2. The molecule has 1 aromatic carbocycles. The number of carbonyl (C=O) groups excluding carboxylic acids is 1. The summed E-state index contributed by atoms with van der Waals surface area (Å²) in [5.74, 6) is -0.712. The lowest BCUT2D eigenvalue weighted by Gasteiger charge is -2.23. The van der Waals surface area contributed by atoms with Crippen LogP contribution >= 0.6 is 27.3 Å². The summed E-state index contributed by atoms with van der Waals surface area (Å²) in [6, 6.07) is 8.48. The minimum atomic E-state index is -0.435. The summed E-state index contributed by atoms with van der Waals surface area (Å²) < 4.78 is 13.6. The third-order valence-corrected chi connectivity index (χ3v) is 5.12. The van der Waals surface area contributed by atoms with Crippen LogP contribution in [0.4, 0.5) is 4.39 Å². The number of hydrogen-bond donors (Lipinski definition) is 1. The van der Waals surface area contributed by atoms with Crippen LogP contribution in [0.3, 0.4) is 0 Å². The van der Waals surface area contributed by atoms with Crippen LogP contribution in [0.1, 0.15) is 29.1 Å². The molecule has 1 aromatic heterocycles. The molecule has 0 fully saturated rings.